The third-order valence-electron chi connectivity index (χ3n) is 3.40. The van der Waals surface area contributed by atoms with Crippen LogP contribution >= 0.6 is 11.3 Å². The number of hydrogen-bond donors (Lipinski definition) is 1. The van der Waals surface area contributed by atoms with Crippen molar-refractivity contribution in [1.29, 1.82) is 0 Å². The summed E-state index contributed by atoms with van der Waals surface area (Å²) in [7, 11) is 0. The van der Waals surface area contributed by atoms with Crippen LogP contribution in [-0.4, -0.2) is 29.7 Å². The van der Waals surface area contributed by atoms with E-state index in [2.05, 4.69) is 36.7 Å². The molecule has 2 atom stereocenters. The van der Waals surface area contributed by atoms with Crippen molar-refractivity contribution in [2.24, 2.45) is 11.8 Å². The minimum Gasteiger partial charge on any atom is -0.384 e. The van der Waals surface area contributed by atoms with E-state index >= 15 is 0 Å². The molecule has 1 aliphatic rings. The zero-order valence-electron chi connectivity index (χ0n) is 10.4. The second kappa shape index (κ2) is 5.68. The van der Waals surface area contributed by atoms with Gasteiger partial charge in [0.2, 0.25) is 0 Å². The lowest BCUT2D eigenvalue weighted by Crippen LogP contribution is -2.19. The first-order valence-corrected chi connectivity index (χ1v) is 6.91. The van der Waals surface area contributed by atoms with E-state index in [0.717, 1.165) is 23.3 Å². The normalized spacial score (nSPS) is 24.6. The van der Waals surface area contributed by atoms with Gasteiger partial charge < -0.3 is 5.11 Å². The molecule has 1 N–H and O–H groups in total. The second-order valence-corrected chi connectivity index (χ2v) is 6.04. The molecule has 1 aromatic rings. The van der Waals surface area contributed by atoms with Gasteiger partial charge in [0.1, 0.15) is 6.61 Å². The van der Waals surface area contributed by atoms with E-state index in [9.17, 15) is 0 Å². The fourth-order valence-electron chi connectivity index (χ4n) is 2.26. The molecule has 0 radical (unpaired) electrons. The summed E-state index contributed by atoms with van der Waals surface area (Å²) in [6.07, 6.45) is 0. The number of aliphatic hydroxyl groups is 1. The second-order valence-electron chi connectivity index (χ2n) is 4.87. The largest absolute Gasteiger partial charge is 0.384 e. The summed E-state index contributed by atoms with van der Waals surface area (Å²) >= 11 is 1.74. The molecule has 2 nitrogen and oxygen atoms in total. The highest BCUT2D eigenvalue weighted by atomic mass is 32.1. The number of aliphatic hydroxyl groups excluding tert-OH is 1. The Balaban J connectivity index is 1.93. The molecule has 92 valence electrons. The Labute approximate surface area is 107 Å². The van der Waals surface area contributed by atoms with E-state index in [1.807, 2.05) is 6.07 Å². The SMILES string of the molecule is CC1CN(Cc2ccc(C#CCO)s2)CC1C. The molecule has 0 spiro atoms. The van der Waals surface area contributed by atoms with Crippen LogP contribution in [0.3, 0.4) is 0 Å². The molecule has 0 aliphatic carbocycles. The Morgan fingerprint density at radius 3 is 2.71 bits per heavy atom. The van der Waals surface area contributed by atoms with Crippen LogP contribution in [0.1, 0.15) is 23.6 Å². The maximum absolute atomic E-state index is 8.65. The molecule has 3 heteroatoms. The number of hydrogen-bond acceptors (Lipinski definition) is 3. The number of likely N-dealkylation sites (tertiary alicyclic amines) is 1. The molecule has 1 fully saturated rings. The van der Waals surface area contributed by atoms with Gasteiger partial charge in [-0.3, -0.25) is 4.90 Å². The van der Waals surface area contributed by atoms with E-state index in [1.165, 1.54) is 18.0 Å². The third-order valence-corrected chi connectivity index (χ3v) is 4.38. The molecule has 17 heavy (non-hydrogen) atoms. The fraction of sp³-hybridized carbons (Fsp3) is 0.571. The third kappa shape index (κ3) is 3.32. The lowest BCUT2D eigenvalue weighted by Gasteiger charge is -2.13. The molecule has 0 aromatic carbocycles. The number of nitrogens with zero attached hydrogens (tertiary/aromatic N) is 1. The highest BCUT2D eigenvalue weighted by molar-refractivity contribution is 7.12. The summed E-state index contributed by atoms with van der Waals surface area (Å²) in [6.45, 7) is 8.05. The van der Waals surface area contributed by atoms with Crippen LogP contribution in [0.5, 0.6) is 0 Å². The lowest BCUT2D eigenvalue weighted by atomic mass is 10.0. The zero-order chi connectivity index (χ0) is 12.3. The first-order valence-electron chi connectivity index (χ1n) is 6.10. The molecule has 0 amide bonds. The van der Waals surface area contributed by atoms with Crippen LogP contribution in [-0.2, 0) is 6.54 Å². The van der Waals surface area contributed by atoms with Gasteiger partial charge in [0.15, 0.2) is 0 Å². The lowest BCUT2D eigenvalue weighted by molar-refractivity contribution is 0.319. The van der Waals surface area contributed by atoms with Crippen molar-refractivity contribution in [1.82, 2.24) is 4.90 Å². The van der Waals surface area contributed by atoms with Crippen LogP contribution in [0.25, 0.3) is 0 Å². The van der Waals surface area contributed by atoms with Crippen molar-refractivity contribution in [3.8, 4) is 11.8 Å². The van der Waals surface area contributed by atoms with Gasteiger partial charge in [0, 0.05) is 24.5 Å². The smallest absolute Gasteiger partial charge is 0.104 e. The van der Waals surface area contributed by atoms with Gasteiger partial charge in [-0.25, -0.2) is 0 Å². The minimum atomic E-state index is -0.0611. The average Bonchev–Trinajstić information content (AvgIpc) is 2.85. The summed E-state index contributed by atoms with van der Waals surface area (Å²) in [6, 6.07) is 4.20. The maximum Gasteiger partial charge on any atom is 0.104 e. The van der Waals surface area contributed by atoms with Crippen LogP contribution in [0.4, 0.5) is 0 Å². The summed E-state index contributed by atoms with van der Waals surface area (Å²) < 4.78 is 0. The molecule has 1 aromatic heterocycles. The average molecular weight is 249 g/mol. The Kier molecular flexibility index (Phi) is 4.22. The zero-order valence-corrected chi connectivity index (χ0v) is 11.3. The molecular formula is C14H19NOS. The molecule has 2 rings (SSSR count). The Hall–Kier alpha value is -0.820. The number of thiophene rings is 1. The number of rotatable bonds is 2. The topological polar surface area (TPSA) is 23.5 Å². The standard InChI is InChI=1S/C14H19NOS/c1-11-8-15(9-12(11)2)10-14-6-5-13(17-14)4-3-7-16/h5-6,11-12,16H,7-10H2,1-2H3. The van der Waals surface area contributed by atoms with Crippen molar-refractivity contribution in [3.63, 3.8) is 0 Å². The van der Waals surface area contributed by atoms with Gasteiger partial charge >= 0.3 is 0 Å². The molecule has 1 aliphatic heterocycles. The highest BCUT2D eigenvalue weighted by Gasteiger charge is 2.25. The van der Waals surface area contributed by atoms with E-state index in [0.29, 0.717) is 0 Å². The van der Waals surface area contributed by atoms with Crippen LogP contribution in [0.2, 0.25) is 0 Å². The van der Waals surface area contributed by atoms with Gasteiger partial charge in [-0.15, -0.1) is 11.3 Å². The predicted molar refractivity (Wildman–Crippen MR) is 71.9 cm³/mol. The van der Waals surface area contributed by atoms with Crippen molar-refractivity contribution >= 4 is 11.3 Å². The first-order chi connectivity index (χ1) is 8.19. The highest BCUT2D eigenvalue weighted by Crippen LogP contribution is 2.25. The summed E-state index contributed by atoms with van der Waals surface area (Å²) in [5, 5.41) is 8.65. The summed E-state index contributed by atoms with van der Waals surface area (Å²) in [5.41, 5.74) is 0. The van der Waals surface area contributed by atoms with Gasteiger partial charge in [0.25, 0.3) is 0 Å². The molecule has 0 bridgehead atoms. The van der Waals surface area contributed by atoms with E-state index < -0.39 is 0 Å². The summed E-state index contributed by atoms with van der Waals surface area (Å²) in [4.78, 5) is 4.94. The van der Waals surface area contributed by atoms with E-state index in [1.54, 1.807) is 11.3 Å². The summed E-state index contributed by atoms with van der Waals surface area (Å²) in [5.74, 6) is 7.26. The first kappa shape index (κ1) is 12.6. The van der Waals surface area contributed by atoms with E-state index in [-0.39, 0.29) is 6.61 Å². The molecular weight excluding hydrogens is 230 g/mol. The van der Waals surface area contributed by atoms with Crippen LogP contribution < -0.4 is 0 Å². The fourth-order valence-corrected chi connectivity index (χ4v) is 3.18. The quantitative estimate of drug-likeness (QED) is 0.812. The van der Waals surface area contributed by atoms with Crippen molar-refractivity contribution in [2.75, 3.05) is 19.7 Å². The Bertz CT molecular complexity index is 419. The Morgan fingerprint density at radius 2 is 2.06 bits per heavy atom. The van der Waals surface area contributed by atoms with Crippen molar-refractivity contribution in [3.05, 3.63) is 21.9 Å². The maximum atomic E-state index is 8.65. The van der Waals surface area contributed by atoms with Crippen LogP contribution in [0.15, 0.2) is 12.1 Å². The predicted octanol–water partition coefficient (Wildman–Crippen LogP) is 2.18. The van der Waals surface area contributed by atoms with Crippen molar-refractivity contribution < 1.29 is 5.11 Å². The molecule has 0 saturated carbocycles. The Morgan fingerprint density at radius 1 is 1.35 bits per heavy atom. The molecule has 2 unspecified atom stereocenters. The van der Waals surface area contributed by atoms with Gasteiger partial charge in [0.05, 0.1) is 4.88 Å². The van der Waals surface area contributed by atoms with Gasteiger partial charge in [-0.1, -0.05) is 25.7 Å². The molecule has 1 saturated heterocycles. The molecule has 2 heterocycles. The van der Waals surface area contributed by atoms with E-state index in [4.69, 9.17) is 5.11 Å². The minimum absolute atomic E-state index is 0.0611. The van der Waals surface area contributed by atoms with Gasteiger partial charge in [-0.05, 0) is 24.0 Å². The van der Waals surface area contributed by atoms with Crippen molar-refractivity contribution in [2.45, 2.75) is 20.4 Å². The monoisotopic (exact) mass is 249 g/mol. The van der Waals surface area contributed by atoms with Crippen LogP contribution in [0, 0.1) is 23.7 Å². The van der Waals surface area contributed by atoms with Gasteiger partial charge in [-0.2, -0.15) is 0 Å².